The Morgan fingerprint density at radius 3 is 1.85 bits per heavy atom. The van der Waals surface area contributed by atoms with E-state index in [1.807, 2.05) is 48.5 Å². The molecule has 278 valence electrons. The highest BCUT2D eigenvalue weighted by Crippen LogP contribution is 2.50. The van der Waals surface area contributed by atoms with Crippen LogP contribution in [0, 0.1) is 0 Å². The number of hydrogen-bond donors (Lipinski definition) is 0. The van der Waals surface area contributed by atoms with Gasteiger partial charge in [0.15, 0.2) is 17.5 Å². The van der Waals surface area contributed by atoms with Gasteiger partial charge in [-0.3, -0.25) is 0 Å². The van der Waals surface area contributed by atoms with Crippen LogP contribution in [0.3, 0.4) is 0 Å². The lowest BCUT2D eigenvalue weighted by atomic mass is 9.82. The van der Waals surface area contributed by atoms with E-state index in [9.17, 15) is 0 Å². The molecule has 8 aromatic carbocycles. The van der Waals surface area contributed by atoms with Gasteiger partial charge in [-0.1, -0.05) is 165 Å². The van der Waals surface area contributed by atoms with Crippen molar-refractivity contribution in [2.45, 2.75) is 19.3 Å². The molecule has 0 saturated carbocycles. The number of aromatic nitrogens is 4. The van der Waals surface area contributed by atoms with Gasteiger partial charge in [-0.2, -0.15) is 0 Å². The summed E-state index contributed by atoms with van der Waals surface area (Å²) >= 11 is 1.52. The summed E-state index contributed by atoms with van der Waals surface area (Å²) in [5.41, 5.74) is 11.1. The van der Waals surface area contributed by atoms with E-state index in [1.165, 1.54) is 33.6 Å². The van der Waals surface area contributed by atoms with E-state index < -0.39 is 6.04 Å². The van der Waals surface area contributed by atoms with Crippen LogP contribution < -0.4 is 0 Å². The summed E-state index contributed by atoms with van der Waals surface area (Å²) in [4.78, 5) is 15.8. The van der Waals surface area contributed by atoms with Gasteiger partial charge >= 0.3 is 0 Å². The maximum atomic E-state index is 8.96. The summed E-state index contributed by atoms with van der Waals surface area (Å²) in [6, 6.07) is 50.5. The molecule has 1 aliphatic rings. The molecule has 0 fully saturated rings. The average molecular weight is 778 g/mol. The lowest BCUT2D eigenvalue weighted by molar-refractivity contribution is 0.660. The maximum Gasteiger partial charge on any atom is 0.165 e. The molecule has 59 heavy (non-hydrogen) atoms. The van der Waals surface area contributed by atoms with Crippen LogP contribution in [0.2, 0.25) is 0 Å². The first-order valence-corrected chi connectivity index (χ1v) is 20.5. The Labute approximate surface area is 352 Å². The highest BCUT2D eigenvalue weighted by Gasteiger charge is 2.35. The molecule has 0 aliphatic heterocycles. The predicted octanol–water partition coefficient (Wildman–Crippen LogP) is 14.3. The molecule has 5 heteroatoms. The number of hydrogen-bond acceptors (Lipinski definition) is 4. The fourth-order valence-corrected chi connectivity index (χ4v) is 10.5. The third-order valence-corrected chi connectivity index (χ3v) is 13.2. The molecule has 1 aliphatic carbocycles. The molecule has 0 atom stereocenters. The minimum Gasteiger partial charge on any atom is -0.309 e. The van der Waals surface area contributed by atoms with Crippen molar-refractivity contribution < 1.29 is 6.85 Å². The zero-order chi connectivity index (χ0) is 43.6. The van der Waals surface area contributed by atoms with Crippen LogP contribution in [0.4, 0.5) is 0 Å². The van der Waals surface area contributed by atoms with Gasteiger partial charge < -0.3 is 4.57 Å². The first kappa shape index (κ1) is 29.1. The molecule has 0 saturated heterocycles. The number of nitrogens with zero attached hydrogens (tertiary/aromatic N) is 4. The van der Waals surface area contributed by atoms with Crippen molar-refractivity contribution >= 4 is 53.3 Å². The third-order valence-electron chi connectivity index (χ3n) is 11.9. The number of para-hydroxylation sites is 2. The topological polar surface area (TPSA) is 43.6 Å². The van der Waals surface area contributed by atoms with Gasteiger partial charge in [0.2, 0.25) is 0 Å². The molecule has 4 nitrogen and oxygen atoms in total. The van der Waals surface area contributed by atoms with Crippen LogP contribution in [0.5, 0.6) is 0 Å². The summed E-state index contributed by atoms with van der Waals surface area (Å²) in [6.45, 7) is 4.55. The monoisotopic (exact) mass is 777 g/mol. The largest absolute Gasteiger partial charge is 0.309 e. The molecule has 0 bridgehead atoms. The predicted molar refractivity (Wildman–Crippen MR) is 246 cm³/mol. The molecule has 0 radical (unpaired) electrons. The number of thiophene rings is 1. The van der Waals surface area contributed by atoms with Gasteiger partial charge in [0.05, 0.1) is 17.9 Å². The molecule has 3 heterocycles. The second-order valence-corrected chi connectivity index (χ2v) is 16.6. The smallest absolute Gasteiger partial charge is 0.165 e. The van der Waals surface area contributed by atoms with Crippen molar-refractivity contribution in [3.63, 3.8) is 0 Å². The normalized spacial score (nSPS) is 14.2. The Morgan fingerprint density at radius 1 is 0.458 bits per heavy atom. The summed E-state index contributed by atoms with van der Waals surface area (Å²) < 4.78 is 47.3. The van der Waals surface area contributed by atoms with E-state index in [0.29, 0.717) is 23.0 Å². The van der Waals surface area contributed by atoms with Crippen molar-refractivity contribution in [3.8, 4) is 62.1 Å². The summed E-state index contributed by atoms with van der Waals surface area (Å²) in [5.74, 6) is 1.58. The van der Waals surface area contributed by atoms with E-state index in [2.05, 4.69) is 122 Å². The summed E-state index contributed by atoms with van der Waals surface area (Å²) in [7, 11) is 0. The van der Waals surface area contributed by atoms with E-state index in [-0.39, 0.29) is 35.1 Å². The van der Waals surface area contributed by atoms with Crippen molar-refractivity contribution in [3.05, 3.63) is 193 Å². The Bertz CT molecular complexity index is 3700. The van der Waals surface area contributed by atoms with Crippen LogP contribution in [0.1, 0.15) is 31.8 Å². The molecular formula is C54H36N4S. The Hall–Kier alpha value is -7.21. The average Bonchev–Trinajstić information content (AvgIpc) is 3.96. The van der Waals surface area contributed by atoms with E-state index in [1.54, 1.807) is 0 Å². The molecule has 3 aromatic heterocycles. The van der Waals surface area contributed by atoms with Gasteiger partial charge in [-0.25, -0.2) is 15.0 Å². The quantitative estimate of drug-likeness (QED) is 0.175. The van der Waals surface area contributed by atoms with Gasteiger partial charge in [-0.05, 0) is 63.7 Å². The van der Waals surface area contributed by atoms with Crippen molar-refractivity contribution in [2.75, 3.05) is 0 Å². The molecule has 0 unspecified atom stereocenters. The van der Waals surface area contributed by atoms with Crippen LogP contribution in [-0.2, 0) is 5.41 Å². The fraction of sp³-hybridized carbons (Fsp3) is 0.0556. The van der Waals surface area contributed by atoms with Crippen LogP contribution >= 0.6 is 11.3 Å². The van der Waals surface area contributed by atoms with E-state index >= 15 is 0 Å². The van der Waals surface area contributed by atoms with Gasteiger partial charge in [0, 0.05) is 58.7 Å². The van der Waals surface area contributed by atoms with Gasteiger partial charge in [0.1, 0.15) is 0 Å². The summed E-state index contributed by atoms with van der Waals surface area (Å²) in [6.07, 6.45) is 0. The minimum atomic E-state index is -0.420. The molecule has 0 spiro atoms. The first-order chi connectivity index (χ1) is 31.1. The van der Waals surface area contributed by atoms with Crippen molar-refractivity contribution in [1.29, 1.82) is 0 Å². The maximum absolute atomic E-state index is 8.96. The lowest BCUT2D eigenvalue weighted by Gasteiger charge is -2.21. The van der Waals surface area contributed by atoms with Crippen LogP contribution in [-0.4, -0.2) is 19.5 Å². The molecule has 0 N–H and O–H groups in total. The Morgan fingerprint density at radius 2 is 1.07 bits per heavy atom. The first-order valence-electron chi connectivity index (χ1n) is 22.2. The van der Waals surface area contributed by atoms with E-state index in [0.717, 1.165) is 64.4 Å². The summed E-state index contributed by atoms with van der Waals surface area (Å²) in [5, 5.41) is 4.09. The van der Waals surface area contributed by atoms with Crippen molar-refractivity contribution in [1.82, 2.24) is 19.5 Å². The van der Waals surface area contributed by atoms with E-state index in [4.69, 9.17) is 21.8 Å². The van der Waals surface area contributed by atoms with Gasteiger partial charge in [-0.15, -0.1) is 11.3 Å². The zero-order valence-corrected chi connectivity index (χ0v) is 32.9. The third kappa shape index (κ3) is 5.18. The van der Waals surface area contributed by atoms with Crippen molar-refractivity contribution in [2.24, 2.45) is 0 Å². The molecule has 12 rings (SSSR count). The Balaban J connectivity index is 1.18. The minimum absolute atomic E-state index is 0.155. The highest BCUT2D eigenvalue weighted by molar-refractivity contribution is 7.26. The molecule has 11 aromatic rings. The van der Waals surface area contributed by atoms with Crippen LogP contribution in [0.25, 0.3) is 104 Å². The molecular weight excluding hydrogens is 737 g/mol. The Kier molecular flexibility index (Phi) is 6.36. The number of benzene rings is 8. The molecule has 0 amide bonds. The standard InChI is InChI=1S/C54H36N4S/c1-54(2)45-25-12-9-20-38(45)42-30-35(28-29-46(42)54)52-55-51(34-18-7-4-8-19-34)56-53(57-52)44-32-36(58-47-26-13-10-21-39(47)40-22-11-14-27-48(40)58)31-43-41-24-15-23-37(49(41)59-50(43)44)33-16-5-3-6-17-33/h3-32H,1-2H3/i3D,5D,6D,16D,17D. The fourth-order valence-electron chi connectivity index (χ4n) is 9.16. The van der Waals surface area contributed by atoms with Gasteiger partial charge in [0.25, 0.3) is 0 Å². The lowest BCUT2D eigenvalue weighted by Crippen LogP contribution is -2.14. The number of fused-ring (bicyclic) bond motifs is 9. The zero-order valence-electron chi connectivity index (χ0n) is 37.1. The second kappa shape index (κ2) is 12.9. The number of rotatable bonds is 5. The SMILES string of the molecule is [2H]c1c([2H])c([2H])c(-c2cccc3c2sc2c(-c4nc(-c5ccccc5)nc(-c5ccc6c(c5)-c5ccccc5C6(C)C)n4)cc(-n4c5ccccc5c5ccccc54)cc23)c([2H])c1[2H]. The second-order valence-electron chi connectivity index (χ2n) is 15.6. The highest BCUT2D eigenvalue weighted by atomic mass is 32.1. The van der Waals surface area contributed by atoms with Crippen LogP contribution in [0.15, 0.2) is 182 Å².